The van der Waals surface area contributed by atoms with Crippen LogP contribution in [0.2, 0.25) is 0 Å². The van der Waals surface area contributed by atoms with E-state index in [1.165, 1.54) is 29.9 Å². The summed E-state index contributed by atoms with van der Waals surface area (Å²) in [5, 5.41) is 0. The third-order valence-corrected chi connectivity index (χ3v) is 9.21. The van der Waals surface area contributed by atoms with Crippen molar-refractivity contribution in [2.24, 2.45) is 16.7 Å². The molecule has 1 aromatic heterocycles. The quantitative estimate of drug-likeness (QED) is 0.640. The van der Waals surface area contributed by atoms with Crippen LogP contribution in [-0.2, 0) is 6.42 Å². The molecule has 2 heteroatoms. The van der Waals surface area contributed by atoms with E-state index in [4.69, 9.17) is 4.98 Å². The second-order valence-electron chi connectivity index (χ2n) is 8.91. The van der Waals surface area contributed by atoms with Crippen LogP contribution in [0.1, 0.15) is 51.4 Å². The largest absolute Gasteiger partial charge is 0.258 e. The minimum absolute atomic E-state index is 0.199. The van der Waals surface area contributed by atoms with Crippen LogP contribution >= 0.6 is 11.8 Å². The molecule has 1 heterocycles. The van der Waals surface area contributed by atoms with Crippen LogP contribution < -0.4 is 0 Å². The van der Waals surface area contributed by atoms with Gasteiger partial charge in [-0.3, -0.25) is 4.98 Å². The van der Waals surface area contributed by atoms with Gasteiger partial charge in [-0.25, -0.2) is 0 Å². The zero-order valence-electron chi connectivity index (χ0n) is 15.9. The van der Waals surface area contributed by atoms with Gasteiger partial charge in [-0.2, -0.15) is 0 Å². The van der Waals surface area contributed by atoms with Gasteiger partial charge in [-0.05, 0) is 67.2 Å². The van der Waals surface area contributed by atoms with Crippen molar-refractivity contribution < 1.29 is 0 Å². The normalized spacial score (nSPS) is 32.9. The molecule has 2 aliphatic rings. The Morgan fingerprint density at radius 2 is 1.80 bits per heavy atom. The van der Waals surface area contributed by atoms with Gasteiger partial charge in [0.25, 0.3) is 0 Å². The Morgan fingerprint density at radius 1 is 1.04 bits per heavy atom. The minimum atomic E-state index is 0.199. The Balaban J connectivity index is 1.81. The number of aryl methyl sites for hydroxylation is 1. The maximum Gasteiger partial charge on any atom is 0.0421 e. The molecule has 0 unspecified atom stereocenters. The summed E-state index contributed by atoms with van der Waals surface area (Å²) >= 11 is 2.13. The van der Waals surface area contributed by atoms with Crippen LogP contribution in [0.4, 0.5) is 0 Å². The maximum atomic E-state index is 4.89. The molecule has 3 atom stereocenters. The van der Waals surface area contributed by atoms with E-state index in [2.05, 4.69) is 88.0 Å². The number of hydrogen-bond acceptors (Lipinski definition) is 2. The lowest BCUT2D eigenvalue weighted by Crippen LogP contribution is -2.53. The van der Waals surface area contributed by atoms with Crippen molar-refractivity contribution >= 4 is 11.8 Å². The van der Waals surface area contributed by atoms with E-state index in [0.717, 1.165) is 18.0 Å². The first-order valence-electron chi connectivity index (χ1n) is 9.53. The van der Waals surface area contributed by atoms with Crippen LogP contribution in [0.15, 0.2) is 53.4 Å². The number of rotatable bonds is 4. The summed E-state index contributed by atoms with van der Waals surface area (Å²) in [7, 11) is 0. The fourth-order valence-corrected chi connectivity index (χ4v) is 7.48. The Kier molecular flexibility index (Phi) is 4.03. The number of pyridine rings is 1. The fourth-order valence-electron chi connectivity index (χ4n) is 5.71. The molecule has 0 spiro atoms. The first-order valence-corrected chi connectivity index (χ1v) is 10.3. The molecule has 0 N–H and O–H groups in total. The lowest BCUT2D eigenvalue weighted by Gasteiger charge is -2.54. The molecule has 2 aromatic rings. The highest BCUT2D eigenvalue weighted by molar-refractivity contribution is 8.00. The first kappa shape index (κ1) is 17.1. The van der Waals surface area contributed by atoms with Crippen LogP contribution in [0.3, 0.4) is 0 Å². The number of nitrogens with zero attached hydrogens (tertiary/aromatic N) is 1. The highest BCUT2D eigenvalue weighted by Crippen LogP contribution is 2.74. The standard InChI is InChI=1S/C23H29NS/c1-17-9-8-10-19(24-17)16-23(25-20-11-6-5-7-12-20)21(2,3)18-13-14-22(23,4)15-18/h5-12,18H,13-16H2,1-4H3/t18-,22+,23-/m0/s1. The smallest absolute Gasteiger partial charge is 0.0421 e. The number of benzene rings is 1. The SMILES string of the molecule is Cc1cccc(C[C@]2(Sc3ccccc3)C(C)(C)[C@H]3CC[C@]2(C)C3)n1. The molecular weight excluding hydrogens is 322 g/mol. The Labute approximate surface area is 156 Å². The van der Waals surface area contributed by atoms with Gasteiger partial charge in [0.1, 0.15) is 0 Å². The molecule has 2 saturated carbocycles. The molecular formula is C23H29NS. The van der Waals surface area contributed by atoms with Crippen molar-refractivity contribution in [3.63, 3.8) is 0 Å². The van der Waals surface area contributed by atoms with E-state index in [0.29, 0.717) is 10.8 Å². The van der Waals surface area contributed by atoms with Crippen LogP contribution in [-0.4, -0.2) is 9.73 Å². The van der Waals surface area contributed by atoms with Crippen LogP contribution in [0.25, 0.3) is 0 Å². The van der Waals surface area contributed by atoms with Crippen molar-refractivity contribution in [2.75, 3.05) is 0 Å². The van der Waals surface area contributed by atoms with Gasteiger partial charge in [-0.1, -0.05) is 45.0 Å². The molecule has 132 valence electrons. The molecule has 25 heavy (non-hydrogen) atoms. The summed E-state index contributed by atoms with van der Waals surface area (Å²) in [5.41, 5.74) is 3.08. The zero-order valence-corrected chi connectivity index (χ0v) is 16.7. The molecule has 1 aromatic carbocycles. The Bertz CT molecular complexity index is 762. The van der Waals surface area contributed by atoms with Crippen molar-refractivity contribution in [1.29, 1.82) is 0 Å². The summed E-state index contributed by atoms with van der Waals surface area (Å²) in [6.45, 7) is 9.70. The molecule has 0 amide bonds. The summed E-state index contributed by atoms with van der Waals surface area (Å²) in [4.78, 5) is 6.29. The first-order chi connectivity index (χ1) is 11.9. The highest BCUT2D eigenvalue weighted by Gasteiger charge is 2.68. The van der Waals surface area contributed by atoms with Crippen molar-refractivity contribution in [3.05, 3.63) is 59.9 Å². The molecule has 4 rings (SSSR count). The molecule has 2 bridgehead atoms. The lowest BCUT2D eigenvalue weighted by atomic mass is 9.61. The van der Waals surface area contributed by atoms with Crippen molar-refractivity contribution in [1.82, 2.24) is 4.98 Å². The molecule has 2 aliphatic carbocycles. The Hall–Kier alpha value is -1.28. The number of fused-ring (bicyclic) bond motifs is 2. The van der Waals surface area contributed by atoms with Crippen molar-refractivity contribution in [3.8, 4) is 0 Å². The van der Waals surface area contributed by atoms with Crippen molar-refractivity contribution in [2.45, 2.75) is 63.0 Å². The van der Waals surface area contributed by atoms with Crippen LogP contribution in [0.5, 0.6) is 0 Å². The summed E-state index contributed by atoms with van der Waals surface area (Å²) in [6.07, 6.45) is 5.18. The number of aromatic nitrogens is 1. The maximum absolute atomic E-state index is 4.89. The van der Waals surface area contributed by atoms with E-state index in [-0.39, 0.29) is 4.75 Å². The predicted molar refractivity (Wildman–Crippen MR) is 107 cm³/mol. The molecule has 0 radical (unpaired) electrons. The predicted octanol–water partition coefficient (Wildman–Crippen LogP) is 6.31. The van der Waals surface area contributed by atoms with Gasteiger partial charge < -0.3 is 0 Å². The monoisotopic (exact) mass is 351 g/mol. The van der Waals surface area contributed by atoms with Gasteiger partial charge in [-0.15, -0.1) is 11.8 Å². The number of thioether (sulfide) groups is 1. The van der Waals surface area contributed by atoms with Gasteiger partial charge in [0.15, 0.2) is 0 Å². The van der Waals surface area contributed by atoms with E-state index < -0.39 is 0 Å². The summed E-state index contributed by atoms with van der Waals surface area (Å²) in [5.74, 6) is 0.832. The van der Waals surface area contributed by atoms with Gasteiger partial charge >= 0.3 is 0 Å². The summed E-state index contributed by atoms with van der Waals surface area (Å²) in [6, 6.07) is 17.5. The second-order valence-corrected chi connectivity index (χ2v) is 10.3. The average molecular weight is 352 g/mol. The third kappa shape index (κ3) is 2.56. The summed E-state index contributed by atoms with van der Waals surface area (Å²) < 4.78 is 0.199. The van der Waals surface area contributed by atoms with E-state index in [1.54, 1.807) is 0 Å². The van der Waals surface area contributed by atoms with E-state index >= 15 is 0 Å². The van der Waals surface area contributed by atoms with Gasteiger partial charge in [0.05, 0.1) is 0 Å². The molecule has 1 nitrogen and oxygen atoms in total. The lowest BCUT2D eigenvalue weighted by molar-refractivity contribution is 0.107. The molecule has 2 fully saturated rings. The van der Waals surface area contributed by atoms with E-state index in [1.807, 2.05) is 0 Å². The third-order valence-electron chi connectivity index (χ3n) is 7.19. The highest BCUT2D eigenvalue weighted by atomic mass is 32.2. The second kappa shape index (κ2) is 5.87. The van der Waals surface area contributed by atoms with Gasteiger partial charge in [0, 0.05) is 27.5 Å². The fraction of sp³-hybridized carbons (Fsp3) is 0.522. The molecule has 0 saturated heterocycles. The topological polar surface area (TPSA) is 12.9 Å². The Morgan fingerprint density at radius 3 is 2.44 bits per heavy atom. The van der Waals surface area contributed by atoms with E-state index in [9.17, 15) is 0 Å². The number of hydrogen-bond donors (Lipinski definition) is 0. The molecule has 0 aliphatic heterocycles. The van der Waals surface area contributed by atoms with Gasteiger partial charge in [0.2, 0.25) is 0 Å². The zero-order chi connectivity index (χ0) is 17.7. The average Bonchev–Trinajstić information content (AvgIpc) is 3.04. The van der Waals surface area contributed by atoms with Crippen LogP contribution in [0, 0.1) is 23.7 Å². The minimum Gasteiger partial charge on any atom is -0.258 e.